The molecule has 2 aromatic rings. The molecular formula is C19H24F4N6O4. The van der Waals surface area contributed by atoms with Crippen LogP contribution in [0.5, 0.6) is 5.88 Å². The van der Waals surface area contributed by atoms with Crippen molar-refractivity contribution in [1.82, 2.24) is 25.3 Å². The molecule has 0 bridgehead atoms. The lowest BCUT2D eigenvalue weighted by atomic mass is 10.0. The van der Waals surface area contributed by atoms with Gasteiger partial charge in [0.25, 0.3) is 5.91 Å². The van der Waals surface area contributed by atoms with Crippen molar-refractivity contribution in [2.24, 2.45) is 7.05 Å². The van der Waals surface area contributed by atoms with Crippen LogP contribution in [0.3, 0.4) is 0 Å². The summed E-state index contributed by atoms with van der Waals surface area (Å²) in [5, 5.41) is 15.5. The molecule has 1 saturated carbocycles. The topological polar surface area (TPSA) is 123 Å². The van der Waals surface area contributed by atoms with E-state index in [1.807, 2.05) is 0 Å². The first kappa shape index (κ1) is 24.3. The number of aromatic amines is 1. The number of carbonyl (C=O) groups is 2. The number of ether oxygens (including phenoxy) is 2. The summed E-state index contributed by atoms with van der Waals surface area (Å²) < 4.78 is 62.0. The molecule has 0 radical (unpaired) electrons. The number of alkyl carbamates (subject to hydrolysis) is 1. The summed E-state index contributed by atoms with van der Waals surface area (Å²) in [5.74, 6) is -1.21. The number of halogens is 4. The van der Waals surface area contributed by atoms with Gasteiger partial charge in [-0.1, -0.05) is 0 Å². The molecule has 3 rings (SSSR count). The standard InChI is InChI=1S/C19H24F4N6O4/c1-9(2)24-18(31)33-14-5-10(4-11(14)20)12-6-15(27-26-12)25-17(30)13-7-16(28-29(13)3)32-8-19(21,22)23/h6-7,9-11,14H,4-5,8H2,1-3H3,(H,24,31)(H2,25,26,27,30)/t10-,11+,14-/m1/s1. The minimum Gasteiger partial charge on any atom is -0.467 e. The maximum atomic E-state index is 14.3. The number of nitrogens with one attached hydrogen (secondary N) is 3. The second-order valence-corrected chi connectivity index (χ2v) is 7.99. The predicted molar refractivity (Wildman–Crippen MR) is 107 cm³/mol. The molecule has 1 aliphatic carbocycles. The third-order valence-electron chi connectivity index (χ3n) is 4.85. The molecule has 3 N–H and O–H groups in total. The average molecular weight is 476 g/mol. The Balaban J connectivity index is 1.58. The van der Waals surface area contributed by atoms with Crippen molar-refractivity contribution in [1.29, 1.82) is 0 Å². The number of H-pyrrole nitrogens is 1. The van der Waals surface area contributed by atoms with Crippen LogP contribution in [0.25, 0.3) is 0 Å². The lowest BCUT2D eigenvalue weighted by molar-refractivity contribution is -0.154. The number of rotatable bonds is 7. The van der Waals surface area contributed by atoms with E-state index in [9.17, 15) is 27.2 Å². The van der Waals surface area contributed by atoms with Crippen LogP contribution in [-0.4, -0.2) is 63.1 Å². The Morgan fingerprint density at radius 3 is 2.70 bits per heavy atom. The highest BCUT2D eigenvalue weighted by Gasteiger charge is 2.39. The zero-order valence-corrected chi connectivity index (χ0v) is 18.1. The van der Waals surface area contributed by atoms with Gasteiger partial charge in [0.15, 0.2) is 12.4 Å². The molecule has 1 aliphatic rings. The van der Waals surface area contributed by atoms with E-state index >= 15 is 0 Å². The van der Waals surface area contributed by atoms with Crippen molar-refractivity contribution in [2.75, 3.05) is 11.9 Å². The van der Waals surface area contributed by atoms with Gasteiger partial charge >= 0.3 is 12.3 Å². The lowest BCUT2D eigenvalue weighted by Crippen LogP contribution is -2.35. The van der Waals surface area contributed by atoms with E-state index in [1.54, 1.807) is 13.8 Å². The molecule has 1 fully saturated rings. The third-order valence-corrected chi connectivity index (χ3v) is 4.85. The molecule has 14 heteroatoms. The number of aromatic nitrogens is 4. The summed E-state index contributed by atoms with van der Waals surface area (Å²) in [6.45, 7) is 1.98. The van der Waals surface area contributed by atoms with Crippen molar-refractivity contribution in [3.05, 3.63) is 23.5 Å². The lowest BCUT2D eigenvalue weighted by Gasteiger charge is -2.16. The molecule has 2 aromatic heterocycles. The largest absolute Gasteiger partial charge is 0.467 e. The Bertz CT molecular complexity index is 989. The fourth-order valence-electron chi connectivity index (χ4n) is 3.40. The summed E-state index contributed by atoms with van der Waals surface area (Å²) in [7, 11) is 1.38. The van der Waals surface area contributed by atoms with Crippen LogP contribution in [-0.2, 0) is 11.8 Å². The number of alkyl halides is 4. The van der Waals surface area contributed by atoms with E-state index in [1.165, 1.54) is 13.1 Å². The fourth-order valence-corrected chi connectivity index (χ4v) is 3.40. The van der Waals surface area contributed by atoms with Gasteiger partial charge in [0.2, 0.25) is 5.88 Å². The first-order valence-corrected chi connectivity index (χ1v) is 10.1. The molecule has 0 aliphatic heterocycles. The van der Waals surface area contributed by atoms with Gasteiger partial charge < -0.3 is 20.1 Å². The summed E-state index contributed by atoms with van der Waals surface area (Å²) in [5.41, 5.74) is 0.494. The number of nitrogens with zero attached hydrogens (tertiary/aromatic N) is 3. The van der Waals surface area contributed by atoms with E-state index in [0.29, 0.717) is 5.69 Å². The van der Waals surface area contributed by atoms with Crippen LogP contribution < -0.4 is 15.4 Å². The van der Waals surface area contributed by atoms with E-state index in [0.717, 1.165) is 10.7 Å². The highest BCUT2D eigenvalue weighted by molar-refractivity contribution is 6.02. The van der Waals surface area contributed by atoms with Gasteiger partial charge in [0.05, 0.1) is 0 Å². The summed E-state index contributed by atoms with van der Waals surface area (Å²) >= 11 is 0. The van der Waals surface area contributed by atoms with Gasteiger partial charge in [-0.15, -0.1) is 5.10 Å². The molecule has 0 aromatic carbocycles. The minimum atomic E-state index is -4.54. The van der Waals surface area contributed by atoms with Crippen molar-refractivity contribution >= 4 is 17.8 Å². The molecule has 2 amide bonds. The average Bonchev–Trinajstić information content (AvgIpc) is 3.38. The zero-order valence-electron chi connectivity index (χ0n) is 18.1. The van der Waals surface area contributed by atoms with Crippen molar-refractivity contribution in [2.45, 2.75) is 57.1 Å². The van der Waals surface area contributed by atoms with E-state index < -0.39 is 37.1 Å². The monoisotopic (exact) mass is 476 g/mol. The summed E-state index contributed by atoms with van der Waals surface area (Å²) in [6.07, 6.45) is -7.13. The predicted octanol–water partition coefficient (Wildman–Crippen LogP) is 3.06. The van der Waals surface area contributed by atoms with Crippen LogP contribution in [0.15, 0.2) is 12.1 Å². The van der Waals surface area contributed by atoms with Gasteiger partial charge in [0, 0.05) is 36.8 Å². The zero-order chi connectivity index (χ0) is 24.3. The maximum absolute atomic E-state index is 14.3. The van der Waals surface area contributed by atoms with Crippen LogP contribution in [0.4, 0.5) is 28.2 Å². The Hall–Kier alpha value is -3.32. The number of carbonyl (C=O) groups excluding carboxylic acids is 2. The molecule has 2 heterocycles. The number of amides is 2. The van der Waals surface area contributed by atoms with Gasteiger partial charge in [-0.3, -0.25) is 14.6 Å². The Morgan fingerprint density at radius 2 is 2.03 bits per heavy atom. The third kappa shape index (κ3) is 6.58. The molecule has 10 nitrogen and oxygen atoms in total. The SMILES string of the molecule is CC(C)NC(=O)O[C@@H]1C[C@H](c2cc(NC(=O)c3cc(OCC(F)(F)F)nn3C)n[nH]2)C[C@@H]1F. The number of anilines is 1. The number of hydrogen-bond acceptors (Lipinski definition) is 6. The second-order valence-electron chi connectivity index (χ2n) is 7.99. The molecule has 0 unspecified atom stereocenters. The number of hydrogen-bond donors (Lipinski definition) is 3. The van der Waals surface area contributed by atoms with Crippen LogP contribution in [0.2, 0.25) is 0 Å². The Labute approximate surface area is 186 Å². The first-order chi connectivity index (χ1) is 15.4. The molecule has 0 spiro atoms. The smallest absolute Gasteiger partial charge is 0.422 e. The van der Waals surface area contributed by atoms with Gasteiger partial charge in [0.1, 0.15) is 18.0 Å². The van der Waals surface area contributed by atoms with Crippen LogP contribution >= 0.6 is 0 Å². The quantitative estimate of drug-likeness (QED) is 0.528. The minimum absolute atomic E-state index is 0.0500. The molecule has 0 saturated heterocycles. The Kier molecular flexibility index (Phi) is 7.12. The first-order valence-electron chi connectivity index (χ1n) is 10.1. The van der Waals surface area contributed by atoms with Crippen molar-refractivity contribution < 1.29 is 36.6 Å². The Morgan fingerprint density at radius 1 is 1.30 bits per heavy atom. The van der Waals surface area contributed by atoms with E-state index in [-0.39, 0.29) is 42.2 Å². The van der Waals surface area contributed by atoms with Gasteiger partial charge in [-0.2, -0.15) is 18.3 Å². The van der Waals surface area contributed by atoms with Gasteiger partial charge in [-0.25, -0.2) is 9.18 Å². The maximum Gasteiger partial charge on any atom is 0.422 e. The molecular weight excluding hydrogens is 452 g/mol. The van der Waals surface area contributed by atoms with E-state index in [2.05, 4.69) is 30.7 Å². The molecule has 182 valence electrons. The van der Waals surface area contributed by atoms with Crippen molar-refractivity contribution in [3.8, 4) is 5.88 Å². The highest BCUT2D eigenvalue weighted by atomic mass is 19.4. The normalized spacial score (nSPS) is 20.7. The number of aryl methyl sites for hydroxylation is 1. The second kappa shape index (κ2) is 9.67. The van der Waals surface area contributed by atoms with Crippen molar-refractivity contribution in [3.63, 3.8) is 0 Å². The van der Waals surface area contributed by atoms with Crippen LogP contribution in [0.1, 0.15) is 48.8 Å². The highest BCUT2D eigenvalue weighted by Crippen LogP contribution is 2.37. The summed E-state index contributed by atoms with van der Waals surface area (Å²) in [6, 6.07) is 2.45. The summed E-state index contributed by atoms with van der Waals surface area (Å²) in [4.78, 5) is 24.2. The molecule has 3 atom stereocenters. The van der Waals surface area contributed by atoms with Crippen LogP contribution in [0, 0.1) is 0 Å². The van der Waals surface area contributed by atoms with Gasteiger partial charge in [-0.05, 0) is 26.7 Å². The molecule has 33 heavy (non-hydrogen) atoms. The van der Waals surface area contributed by atoms with E-state index in [4.69, 9.17) is 4.74 Å². The fraction of sp³-hybridized carbons (Fsp3) is 0.579.